The fourth-order valence-electron chi connectivity index (χ4n) is 3.17. The number of carbonyl (C=O) groups excluding carboxylic acids is 1. The van der Waals surface area contributed by atoms with E-state index in [1.165, 1.54) is 0 Å². The van der Waals surface area contributed by atoms with Crippen molar-refractivity contribution < 1.29 is 4.79 Å². The number of benzene rings is 1. The first-order valence-corrected chi connectivity index (χ1v) is 9.52. The Hall–Kier alpha value is -2.82. The molecular formula is C22H24N4O. The van der Waals surface area contributed by atoms with E-state index in [1.807, 2.05) is 18.2 Å². The quantitative estimate of drug-likeness (QED) is 0.748. The van der Waals surface area contributed by atoms with Gasteiger partial charge in [0.2, 0.25) is 5.91 Å². The molecule has 0 radical (unpaired) electrons. The van der Waals surface area contributed by atoms with Gasteiger partial charge in [-0.3, -0.25) is 4.79 Å². The SMILES string of the molecule is Cc1cc(-c2ccnc(C(C)C)n2)nc2ccc(CC(=O)NC3CC3)cc12. The first kappa shape index (κ1) is 17.6. The van der Waals surface area contributed by atoms with Crippen LogP contribution in [0, 0.1) is 6.92 Å². The number of aromatic nitrogens is 3. The Morgan fingerprint density at radius 2 is 1.96 bits per heavy atom. The number of nitrogens with one attached hydrogen (secondary N) is 1. The molecule has 1 fully saturated rings. The van der Waals surface area contributed by atoms with E-state index >= 15 is 0 Å². The molecule has 5 nitrogen and oxygen atoms in total. The molecule has 0 aliphatic heterocycles. The van der Waals surface area contributed by atoms with Crippen molar-refractivity contribution in [1.29, 1.82) is 0 Å². The number of pyridine rings is 1. The molecule has 0 atom stereocenters. The molecule has 0 spiro atoms. The third-order valence-corrected chi connectivity index (χ3v) is 4.84. The van der Waals surface area contributed by atoms with Crippen LogP contribution in [0.5, 0.6) is 0 Å². The number of amides is 1. The van der Waals surface area contributed by atoms with Gasteiger partial charge in [0.25, 0.3) is 0 Å². The van der Waals surface area contributed by atoms with Crippen LogP contribution in [0.25, 0.3) is 22.3 Å². The van der Waals surface area contributed by atoms with Crippen molar-refractivity contribution in [2.45, 2.75) is 52.0 Å². The molecule has 4 rings (SSSR count). The minimum Gasteiger partial charge on any atom is -0.353 e. The predicted octanol–water partition coefficient (Wildman–Crippen LogP) is 3.94. The molecule has 1 N–H and O–H groups in total. The second kappa shape index (κ2) is 7.06. The highest BCUT2D eigenvalue weighted by molar-refractivity contribution is 5.87. The van der Waals surface area contributed by atoms with Gasteiger partial charge < -0.3 is 5.32 Å². The largest absolute Gasteiger partial charge is 0.353 e. The minimum absolute atomic E-state index is 0.0984. The highest BCUT2D eigenvalue weighted by Gasteiger charge is 2.23. The fourth-order valence-corrected chi connectivity index (χ4v) is 3.17. The Bertz CT molecular complexity index is 1010. The van der Waals surface area contributed by atoms with Crippen LogP contribution < -0.4 is 5.32 Å². The second-order valence-electron chi connectivity index (χ2n) is 7.65. The number of hydrogen-bond donors (Lipinski definition) is 1. The molecule has 1 amide bonds. The molecule has 2 heterocycles. The first-order chi connectivity index (χ1) is 13.0. The summed E-state index contributed by atoms with van der Waals surface area (Å²) in [4.78, 5) is 25.9. The molecule has 0 saturated heterocycles. The molecule has 1 aliphatic carbocycles. The van der Waals surface area contributed by atoms with E-state index in [0.29, 0.717) is 12.5 Å². The summed E-state index contributed by atoms with van der Waals surface area (Å²) in [6, 6.07) is 10.4. The van der Waals surface area contributed by atoms with E-state index in [2.05, 4.69) is 48.2 Å². The van der Waals surface area contributed by atoms with Gasteiger partial charge in [0, 0.05) is 23.5 Å². The van der Waals surface area contributed by atoms with Crippen LogP contribution in [0.1, 0.15) is 49.6 Å². The molecule has 5 heteroatoms. The molecule has 27 heavy (non-hydrogen) atoms. The lowest BCUT2D eigenvalue weighted by Gasteiger charge is -2.10. The number of hydrogen-bond acceptors (Lipinski definition) is 4. The normalized spacial score (nSPS) is 13.9. The molecule has 0 bridgehead atoms. The molecule has 3 aromatic rings. The lowest BCUT2D eigenvalue weighted by Crippen LogP contribution is -2.26. The van der Waals surface area contributed by atoms with E-state index in [1.54, 1.807) is 6.20 Å². The monoisotopic (exact) mass is 360 g/mol. The number of carbonyl (C=O) groups is 1. The van der Waals surface area contributed by atoms with Gasteiger partial charge in [0.05, 0.1) is 23.3 Å². The molecule has 1 saturated carbocycles. The number of nitrogens with zero attached hydrogens (tertiary/aromatic N) is 3. The van der Waals surface area contributed by atoms with Crippen molar-refractivity contribution in [2.75, 3.05) is 0 Å². The van der Waals surface area contributed by atoms with Gasteiger partial charge in [-0.25, -0.2) is 15.0 Å². The van der Waals surface area contributed by atoms with Crippen molar-refractivity contribution >= 4 is 16.8 Å². The maximum absolute atomic E-state index is 12.1. The average Bonchev–Trinajstić information content (AvgIpc) is 3.46. The number of rotatable bonds is 5. The maximum Gasteiger partial charge on any atom is 0.224 e. The molecule has 0 unspecified atom stereocenters. The zero-order chi connectivity index (χ0) is 19.0. The molecule has 1 aromatic carbocycles. The van der Waals surface area contributed by atoms with Crippen LogP contribution >= 0.6 is 0 Å². The Labute approximate surface area is 159 Å². The third kappa shape index (κ3) is 3.97. The fraction of sp³-hybridized carbons (Fsp3) is 0.364. The van der Waals surface area contributed by atoms with E-state index in [4.69, 9.17) is 4.98 Å². The lowest BCUT2D eigenvalue weighted by molar-refractivity contribution is -0.120. The Kier molecular flexibility index (Phi) is 4.60. The van der Waals surface area contributed by atoms with E-state index in [9.17, 15) is 4.79 Å². The summed E-state index contributed by atoms with van der Waals surface area (Å²) in [6.07, 6.45) is 4.42. The predicted molar refractivity (Wildman–Crippen MR) is 106 cm³/mol. The summed E-state index contributed by atoms with van der Waals surface area (Å²) >= 11 is 0. The summed E-state index contributed by atoms with van der Waals surface area (Å²) in [7, 11) is 0. The van der Waals surface area contributed by atoms with Gasteiger partial charge in [0.15, 0.2) is 0 Å². The van der Waals surface area contributed by atoms with E-state index in [0.717, 1.165) is 52.1 Å². The van der Waals surface area contributed by atoms with Gasteiger partial charge in [-0.2, -0.15) is 0 Å². The van der Waals surface area contributed by atoms with Gasteiger partial charge in [0.1, 0.15) is 5.82 Å². The van der Waals surface area contributed by atoms with E-state index in [-0.39, 0.29) is 11.8 Å². The van der Waals surface area contributed by atoms with Crippen LogP contribution in [-0.4, -0.2) is 26.9 Å². The molecular weight excluding hydrogens is 336 g/mol. The summed E-state index contributed by atoms with van der Waals surface area (Å²) in [6.45, 7) is 6.24. The summed E-state index contributed by atoms with van der Waals surface area (Å²) in [5.74, 6) is 1.20. The smallest absolute Gasteiger partial charge is 0.224 e. The van der Waals surface area contributed by atoms with Crippen molar-refractivity contribution in [1.82, 2.24) is 20.3 Å². The van der Waals surface area contributed by atoms with Crippen molar-refractivity contribution in [3.63, 3.8) is 0 Å². The average molecular weight is 360 g/mol. The highest BCUT2D eigenvalue weighted by Crippen LogP contribution is 2.25. The zero-order valence-corrected chi connectivity index (χ0v) is 16.0. The highest BCUT2D eigenvalue weighted by atomic mass is 16.1. The Balaban J connectivity index is 1.64. The first-order valence-electron chi connectivity index (χ1n) is 9.52. The van der Waals surface area contributed by atoms with Gasteiger partial charge in [-0.1, -0.05) is 19.9 Å². The van der Waals surface area contributed by atoms with Crippen LogP contribution in [0.3, 0.4) is 0 Å². The summed E-state index contributed by atoms with van der Waals surface area (Å²) in [5, 5.41) is 4.12. The van der Waals surface area contributed by atoms with Gasteiger partial charge in [-0.05, 0) is 55.2 Å². The van der Waals surface area contributed by atoms with Crippen LogP contribution in [-0.2, 0) is 11.2 Å². The minimum atomic E-state index is 0.0984. The van der Waals surface area contributed by atoms with Crippen molar-refractivity contribution in [2.24, 2.45) is 0 Å². The lowest BCUT2D eigenvalue weighted by atomic mass is 10.0. The standard InChI is InChI=1S/C22H24N4O/c1-13(2)22-23-9-8-19(26-22)20-10-14(3)17-11-15(4-7-18(17)25-20)12-21(27)24-16-5-6-16/h4,7-11,13,16H,5-6,12H2,1-3H3,(H,24,27). The molecule has 138 valence electrons. The topological polar surface area (TPSA) is 67.8 Å². The number of aryl methyl sites for hydroxylation is 1. The Morgan fingerprint density at radius 3 is 2.70 bits per heavy atom. The van der Waals surface area contributed by atoms with Gasteiger partial charge >= 0.3 is 0 Å². The molecule has 2 aromatic heterocycles. The third-order valence-electron chi connectivity index (χ3n) is 4.84. The van der Waals surface area contributed by atoms with Crippen LogP contribution in [0.4, 0.5) is 0 Å². The van der Waals surface area contributed by atoms with Crippen molar-refractivity contribution in [3.8, 4) is 11.4 Å². The van der Waals surface area contributed by atoms with E-state index < -0.39 is 0 Å². The van der Waals surface area contributed by atoms with Crippen molar-refractivity contribution in [3.05, 3.63) is 53.5 Å². The number of fused-ring (bicyclic) bond motifs is 1. The van der Waals surface area contributed by atoms with Crippen LogP contribution in [0.15, 0.2) is 36.5 Å². The van der Waals surface area contributed by atoms with Gasteiger partial charge in [-0.15, -0.1) is 0 Å². The summed E-state index contributed by atoms with van der Waals surface area (Å²) < 4.78 is 0. The second-order valence-corrected chi connectivity index (χ2v) is 7.65. The zero-order valence-electron chi connectivity index (χ0n) is 16.0. The van der Waals surface area contributed by atoms with Crippen LogP contribution in [0.2, 0.25) is 0 Å². The maximum atomic E-state index is 12.1. The Morgan fingerprint density at radius 1 is 1.15 bits per heavy atom. The summed E-state index contributed by atoms with van der Waals surface area (Å²) in [5.41, 5.74) is 4.75. The molecule has 1 aliphatic rings.